The molecule has 1 aliphatic rings. The van der Waals surface area contributed by atoms with Gasteiger partial charge < -0.3 is 24.6 Å². The molecule has 2 aromatic rings. The van der Waals surface area contributed by atoms with Gasteiger partial charge in [-0.2, -0.15) is 0 Å². The van der Waals surface area contributed by atoms with Crippen molar-refractivity contribution >= 4 is 23.2 Å². The molecule has 6 nitrogen and oxygen atoms in total. The van der Waals surface area contributed by atoms with Crippen molar-refractivity contribution in [3.8, 4) is 11.5 Å². The molecule has 2 aromatic carbocycles. The zero-order chi connectivity index (χ0) is 19.8. The summed E-state index contributed by atoms with van der Waals surface area (Å²) in [6.45, 7) is 5.20. The predicted octanol–water partition coefficient (Wildman–Crippen LogP) is 1.25. The highest BCUT2D eigenvalue weighted by Crippen LogP contribution is 2.19. The average Bonchev–Trinajstić information content (AvgIpc) is 2.73. The molecule has 1 fully saturated rings. The number of methoxy groups -OCH3 is 1. The summed E-state index contributed by atoms with van der Waals surface area (Å²) in [7, 11) is 1.67. The summed E-state index contributed by atoms with van der Waals surface area (Å²) >= 11 is 5.84. The van der Waals surface area contributed by atoms with Crippen molar-refractivity contribution in [2.75, 3.05) is 57.9 Å². The van der Waals surface area contributed by atoms with Gasteiger partial charge in [0, 0.05) is 10.7 Å². The van der Waals surface area contributed by atoms with E-state index in [1.807, 2.05) is 24.3 Å². The Balaban J connectivity index is 1.32. The molecule has 0 unspecified atom stereocenters. The highest BCUT2D eigenvalue weighted by Gasteiger charge is 2.22. The highest BCUT2D eigenvalue weighted by molar-refractivity contribution is 6.30. The minimum atomic E-state index is 0.0626. The SMILES string of the molecule is COc1ccc(N2CC[NH+](CC(=O)NCCOc3ccc(Cl)cc3)CC2)cc1. The van der Waals surface area contributed by atoms with Crippen molar-refractivity contribution in [2.24, 2.45) is 0 Å². The van der Waals surface area contributed by atoms with E-state index in [9.17, 15) is 4.79 Å². The molecular formula is C21H27ClN3O3+. The number of carbonyl (C=O) groups is 1. The normalized spacial score (nSPS) is 14.6. The van der Waals surface area contributed by atoms with Crippen LogP contribution < -0.4 is 24.6 Å². The number of rotatable bonds is 8. The van der Waals surface area contributed by atoms with Crippen LogP contribution in [0, 0.1) is 0 Å². The summed E-state index contributed by atoms with van der Waals surface area (Å²) in [4.78, 5) is 15.8. The quantitative estimate of drug-likeness (QED) is 0.650. The van der Waals surface area contributed by atoms with Gasteiger partial charge in [-0.3, -0.25) is 4.79 Å². The Kier molecular flexibility index (Phi) is 7.39. The number of anilines is 1. The lowest BCUT2D eigenvalue weighted by Crippen LogP contribution is -3.16. The first-order valence-corrected chi connectivity index (χ1v) is 9.89. The zero-order valence-corrected chi connectivity index (χ0v) is 16.9. The lowest BCUT2D eigenvalue weighted by atomic mass is 10.2. The molecule has 150 valence electrons. The van der Waals surface area contributed by atoms with Crippen LogP contribution in [-0.4, -0.2) is 58.9 Å². The van der Waals surface area contributed by atoms with Gasteiger partial charge in [0.1, 0.15) is 18.1 Å². The topological polar surface area (TPSA) is 55.2 Å². The number of quaternary nitrogens is 1. The Morgan fingerprint density at radius 3 is 2.36 bits per heavy atom. The number of halogens is 1. The van der Waals surface area contributed by atoms with Crippen molar-refractivity contribution in [3.05, 3.63) is 53.6 Å². The van der Waals surface area contributed by atoms with Crippen molar-refractivity contribution in [1.29, 1.82) is 0 Å². The van der Waals surface area contributed by atoms with Crippen LogP contribution in [0.4, 0.5) is 5.69 Å². The third kappa shape index (κ3) is 6.04. The van der Waals surface area contributed by atoms with Crippen LogP contribution in [0.3, 0.4) is 0 Å². The van der Waals surface area contributed by atoms with Gasteiger partial charge in [0.15, 0.2) is 6.54 Å². The van der Waals surface area contributed by atoms with Crippen molar-refractivity contribution in [3.63, 3.8) is 0 Å². The first-order chi connectivity index (χ1) is 13.6. The van der Waals surface area contributed by atoms with Crippen LogP contribution in [0.1, 0.15) is 0 Å². The summed E-state index contributed by atoms with van der Waals surface area (Å²) < 4.78 is 10.8. The van der Waals surface area contributed by atoms with Crippen molar-refractivity contribution in [1.82, 2.24) is 5.32 Å². The molecule has 1 saturated heterocycles. The smallest absolute Gasteiger partial charge is 0.275 e. The van der Waals surface area contributed by atoms with Gasteiger partial charge in [0.05, 0.1) is 39.8 Å². The fourth-order valence-electron chi connectivity index (χ4n) is 3.23. The molecular weight excluding hydrogens is 378 g/mol. The second-order valence-corrected chi connectivity index (χ2v) is 7.20. The van der Waals surface area contributed by atoms with Crippen LogP contribution in [-0.2, 0) is 4.79 Å². The highest BCUT2D eigenvalue weighted by atomic mass is 35.5. The van der Waals surface area contributed by atoms with Crippen LogP contribution in [0.25, 0.3) is 0 Å². The molecule has 7 heteroatoms. The number of nitrogens with one attached hydrogen (secondary N) is 2. The molecule has 0 aliphatic carbocycles. The number of ether oxygens (including phenoxy) is 2. The Hall–Kier alpha value is -2.44. The fraction of sp³-hybridized carbons (Fsp3) is 0.381. The first kappa shape index (κ1) is 20.3. The third-order valence-corrected chi connectivity index (χ3v) is 5.08. The van der Waals surface area contributed by atoms with E-state index < -0.39 is 0 Å². The van der Waals surface area contributed by atoms with Crippen molar-refractivity contribution < 1.29 is 19.2 Å². The number of hydrogen-bond acceptors (Lipinski definition) is 4. The average molecular weight is 405 g/mol. The van der Waals surface area contributed by atoms with Gasteiger partial charge in [0.2, 0.25) is 0 Å². The minimum Gasteiger partial charge on any atom is -0.497 e. The molecule has 2 N–H and O–H groups in total. The van der Waals surface area contributed by atoms with Crippen LogP contribution >= 0.6 is 11.6 Å². The van der Waals surface area contributed by atoms with E-state index in [0.29, 0.717) is 24.7 Å². The van der Waals surface area contributed by atoms with Gasteiger partial charge in [-0.15, -0.1) is 0 Å². The molecule has 0 aromatic heterocycles. The standard InChI is InChI=1S/C21H26ClN3O3/c1-27-19-8-4-18(5-9-19)25-13-11-24(12-14-25)16-21(26)23-10-15-28-20-6-2-17(22)3-7-20/h2-9H,10-16H2,1H3,(H,23,26)/p+1. The van der Waals surface area contributed by atoms with Crippen LogP contribution in [0.2, 0.25) is 5.02 Å². The first-order valence-electron chi connectivity index (χ1n) is 9.51. The number of amides is 1. The van der Waals surface area contributed by atoms with Crippen LogP contribution in [0.5, 0.6) is 11.5 Å². The summed E-state index contributed by atoms with van der Waals surface area (Å²) in [6, 6.07) is 15.3. The van der Waals surface area contributed by atoms with E-state index in [0.717, 1.165) is 37.7 Å². The van der Waals surface area contributed by atoms with Crippen LogP contribution in [0.15, 0.2) is 48.5 Å². The van der Waals surface area contributed by atoms with Gasteiger partial charge in [-0.05, 0) is 48.5 Å². The van der Waals surface area contributed by atoms with Gasteiger partial charge in [-0.25, -0.2) is 0 Å². The monoisotopic (exact) mass is 404 g/mol. The van der Waals surface area contributed by atoms with E-state index in [4.69, 9.17) is 21.1 Å². The second kappa shape index (κ2) is 10.2. The number of carbonyl (C=O) groups excluding carboxylic acids is 1. The summed E-state index contributed by atoms with van der Waals surface area (Å²) in [5, 5.41) is 3.61. The van der Waals surface area contributed by atoms with E-state index in [1.165, 1.54) is 10.6 Å². The maximum Gasteiger partial charge on any atom is 0.275 e. The van der Waals surface area contributed by atoms with Gasteiger partial charge in [-0.1, -0.05) is 11.6 Å². The van der Waals surface area contributed by atoms with Gasteiger partial charge in [0.25, 0.3) is 5.91 Å². The molecule has 1 amide bonds. The molecule has 1 heterocycles. The van der Waals surface area contributed by atoms with Gasteiger partial charge >= 0.3 is 0 Å². The maximum atomic E-state index is 12.2. The summed E-state index contributed by atoms with van der Waals surface area (Å²) in [5.74, 6) is 1.68. The van der Waals surface area contributed by atoms with E-state index in [1.54, 1.807) is 19.2 Å². The minimum absolute atomic E-state index is 0.0626. The molecule has 1 aliphatic heterocycles. The fourth-order valence-corrected chi connectivity index (χ4v) is 3.36. The van der Waals surface area contributed by atoms with Crippen molar-refractivity contribution in [2.45, 2.75) is 0 Å². The predicted molar refractivity (Wildman–Crippen MR) is 111 cm³/mol. The second-order valence-electron chi connectivity index (χ2n) is 6.76. The number of nitrogens with zero attached hydrogens (tertiary/aromatic N) is 1. The Morgan fingerprint density at radius 2 is 1.71 bits per heavy atom. The lowest BCUT2D eigenvalue weighted by Gasteiger charge is -2.33. The van der Waals surface area contributed by atoms with E-state index >= 15 is 0 Å². The molecule has 0 spiro atoms. The zero-order valence-electron chi connectivity index (χ0n) is 16.1. The molecule has 0 bridgehead atoms. The molecule has 0 atom stereocenters. The summed E-state index contributed by atoms with van der Waals surface area (Å²) in [5.41, 5.74) is 1.20. The summed E-state index contributed by atoms with van der Waals surface area (Å²) in [6.07, 6.45) is 0. The largest absolute Gasteiger partial charge is 0.497 e. The van der Waals surface area contributed by atoms with E-state index in [-0.39, 0.29) is 5.91 Å². The Bertz CT molecular complexity index is 744. The number of benzene rings is 2. The maximum absolute atomic E-state index is 12.2. The van der Waals surface area contributed by atoms with E-state index in [2.05, 4.69) is 22.3 Å². The third-order valence-electron chi connectivity index (χ3n) is 4.83. The number of hydrogen-bond donors (Lipinski definition) is 2. The molecule has 0 saturated carbocycles. The molecule has 0 radical (unpaired) electrons. The Morgan fingerprint density at radius 1 is 1.07 bits per heavy atom. The Labute approximate surface area is 171 Å². The molecule has 3 rings (SSSR count). The molecule has 28 heavy (non-hydrogen) atoms. The number of piperazine rings is 1. The lowest BCUT2D eigenvalue weighted by molar-refractivity contribution is -0.892.